The molecule has 0 bridgehead atoms. The summed E-state index contributed by atoms with van der Waals surface area (Å²) in [6.45, 7) is 6.35. The van der Waals surface area contributed by atoms with E-state index >= 15 is 0 Å². The second kappa shape index (κ2) is 7.69. The van der Waals surface area contributed by atoms with Gasteiger partial charge in [-0.3, -0.25) is 9.59 Å². The zero-order valence-electron chi connectivity index (χ0n) is 15.1. The summed E-state index contributed by atoms with van der Waals surface area (Å²) in [5.41, 5.74) is 1.60. The van der Waals surface area contributed by atoms with Crippen LogP contribution >= 0.6 is 0 Å². The number of ether oxygens (including phenoxy) is 1. The molecule has 2 N–H and O–H groups in total. The number of benzene rings is 1. The number of rotatable bonds is 8. The molecule has 132 valence electrons. The first-order chi connectivity index (χ1) is 11.4. The number of nitrogens with one attached hydrogen (secondary N) is 2. The lowest BCUT2D eigenvalue weighted by molar-refractivity contribution is -0.124. The summed E-state index contributed by atoms with van der Waals surface area (Å²) in [4.78, 5) is 24.4. The molecule has 1 atom stereocenters. The lowest BCUT2D eigenvalue weighted by Crippen LogP contribution is -2.38. The molecule has 0 heterocycles. The topological polar surface area (TPSA) is 67.4 Å². The second-order valence-corrected chi connectivity index (χ2v) is 6.65. The third kappa shape index (κ3) is 4.08. The molecule has 24 heavy (non-hydrogen) atoms. The first kappa shape index (κ1) is 18.3. The molecule has 2 rings (SSSR count). The molecule has 1 saturated carbocycles. The van der Waals surface area contributed by atoms with E-state index in [4.69, 9.17) is 4.74 Å². The van der Waals surface area contributed by atoms with Gasteiger partial charge in [0.25, 0.3) is 0 Å². The van der Waals surface area contributed by atoms with E-state index in [1.54, 1.807) is 7.11 Å². The molecule has 0 spiro atoms. The van der Waals surface area contributed by atoms with Gasteiger partial charge in [0.05, 0.1) is 12.5 Å². The van der Waals surface area contributed by atoms with Crippen molar-refractivity contribution in [2.45, 2.75) is 57.9 Å². The lowest BCUT2D eigenvalue weighted by Gasteiger charge is -2.18. The highest BCUT2D eigenvalue weighted by atomic mass is 16.5. The van der Waals surface area contributed by atoms with Gasteiger partial charge in [-0.2, -0.15) is 0 Å². The van der Waals surface area contributed by atoms with E-state index in [0.29, 0.717) is 13.0 Å². The number of amides is 2. The van der Waals surface area contributed by atoms with Crippen LogP contribution < -0.4 is 15.4 Å². The van der Waals surface area contributed by atoms with Gasteiger partial charge in [-0.25, -0.2) is 0 Å². The Labute approximate surface area is 144 Å². The van der Waals surface area contributed by atoms with E-state index in [9.17, 15) is 9.59 Å². The molecule has 0 saturated heterocycles. The highest BCUT2D eigenvalue weighted by Gasteiger charge is 2.51. The van der Waals surface area contributed by atoms with E-state index in [0.717, 1.165) is 36.1 Å². The largest absolute Gasteiger partial charge is 0.496 e. The Morgan fingerprint density at radius 2 is 2.04 bits per heavy atom. The van der Waals surface area contributed by atoms with Crippen LogP contribution in [0.2, 0.25) is 0 Å². The number of hydrogen-bond donors (Lipinski definition) is 2. The minimum absolute atomic E-state index is 0.00439. The van der Waals surface area contributed by atoms with Crippen molar-refractivity contribution in [1.29, 1.82) is 0 Å². The fourth-order valence-electron chi connectivity index (χ4n) is 2.80. The van der Waals surface area contributed by atoms with E-state index in [2.05, 4.69) is 10.6 Å². The second-order valence-electron chi connectivity index (χ2n) is 6.65. The van der Waals surface area contributed by atoms with Crippen LogP contribution in [0.5, 0.6) is 5.75 Å². The highest BCUT2D eigenvalue weighted by molar-refractivity contribution is 5.91. The average Bonchev–Trinajstić information content (AvgIpc) is 3.36. The molecule has 0 aliphatic heterocycles. The van der Waals surface area contributed by atoms with Crippen LogP contribution in [0.25, 0.3) is 0 Å². The van der Waals surface area contributed by atoms with Crippen LogP contribution in [0, 0.1) is 6.92 Å². The molecule has 5 heteroatoms. The van der Waals surface area contributed by atoms with Gasteiger partial charge in [0.1, 0.15) is 5.75 Å². The molecule has 1 aromatic carbocycles. The van der Waals surface area contributed by atoms with Crippen molar-refractivity contribution < 1.29 is 14.3 Å². The van der Waals surface area contributed by atoms with E-state index in [-0.39, 0.29) is 17.9 Å². The van der Waals surface area contributed by atoms with Gasteiger partial charge >= 0.3 is 0 Å². The van der Waals surface area contributed by atoms with Crippen LogP contribution in [0.4, 0.5) is 0 Å². The Morgan fingerprint density at radius 1 is 1.33 bits per heavy atom. The van der Waals surface area contributed by atoms with E-state index in [1.165, 1.54) is 0 Å². The predicted molar refractivity (Wildman–Crippen MR) is 94.2 cm³/mol. The Hall–Kier alpha value is -2.04. The third-order valence-electron chi connectivity index (χ3n) is 4.80. The molecule has 0 aromatic heterocycles. The SMILES string of the molecule is CC[C@H](C)NC(=O)CCNC(=O)C1(c2ccc(C)c(OC)c2)CC1. The van der Waals surface area contributed by atoms with Gasteiger partial charge in [0.15, 0.2) is 0 Å². The maximum atomic E-state index is 12.6. The first-order valence-electron chi connectivity index (χ1n) is 8.65. The van der Waals surface area contributed by atoms with Gasteiger partial charge in [0, 0.05) is 19.0 Å². The van der Waals surface area contributed by atoms with Crippen molar-refractivity contribution in [2.24, 2.45) is 0 Å². The zero-order valence-corrected chi connectivity index (χ0v) is 15.1. The smallest absolute Gasteiger partial charge is 0.230 e. The van der Waals surface area contributed by atoms with Crippen molar-refractivity contribution in [3.8, 4) is 5.75 Å². The van der Waals surface area contributed by atoms with Crippen LogP contribution in [-0.4, -0.2) is 31.5 Å². The minimum atomic E-state index is -0.450. The summed E-state index contributed by atoms with van der Waals surface area (Å²) >= 11 is 0. The predicted octanol–water partition coefficient (Wildman–Crippen LogP) is 2.46. The van der Waals surface area contributed by atoms with Gasteiger partial charge in [-0.1, -0.05) is 19.1 Å². The summed E-state index contributed by atoms with van der Waals surface area (Å²) in [5.74, 6) is 0.788. The summed E-state index contributed by atoms with van der Waals surface area (Å²) in [6, 6.07) is 6.11. The van der Waals surface area contributed by atoms with Crippen molar-refractivity contribution in [1.82, 2.24) is 10.6 Å². The first-order valence-corrected chi connectivity index (χ1v) is 8.65. The molecule has 5 nitrogen and oxygen atoms in total. The molecular formula is C19H28N2O3. The molecular weight excluding hydrogens is 304 g/mol. The number of carbonyl (C=O) groups excluding carboxylic acids is 2. The molecule has 0 radical (unpaired) electrons. The molecule has 1 fully saturated rings. The van der Waals surface area contributed by atoms with Crippen molar-refractivity contribution in [3.05, 3.63) is 29.3 Å². The van der Waals surface area contributed by atoms with E-state index < -0.39 is 5.41 Å². The highest BCUT2D eigenvalue weighted by Crippen LogP contribution is 2.49. The quantitative estimate of drug-likeness (QED) is 0.768. The van der Waals surface area contributed by atoms with Crippen LogP contribution in [-0.2, 0) is 15.0 Å². The van der Waals surface area contributed by atoms with Crippen molar-refractivity contribution in [2.75, 3.05) is 13.7 Å². The fourth-order valence-corrected chi connectivity index (χ4v) is 2.80. The zero-order chi connectivity index (χ0) is 17.7. The molecule has 1 aromatic rings. The summed E-state index contributed by atoms with van der Waals surface area (Å²) < 4.78 is 5.36. The standard InChI is InChI=1S/C19H28N2O3/c1-5-14(3)21-17(22)8-11-20-18(23)19(9-10-19)15-7-6-13(2)16(12-15)24-4/h6-7,12,14H,5,8-11H2,1-4H3,(H,20,23)(H,21,22)/t14-/m0/s1. The van der Waals surface area contributed by atoms with Gasteiger partial charge in [-0.15, -0.1) is 0 Å². The van der Waals surface area contributed by atoms with Crippen LogP contribution in [0.15, 0.2) is 18.2 Å². The number of methoxy groups -OCH3 is 1. The molecule has 1 aliphatic carbocycles. The van der Waals surface area contributed by atoms with Crippen LogP contribution in [0.1, 0.15) is 50.7 Å². The third-order valence-corrected chi connectivity index (χ3v) is 4.80. The van der Waals surface area contributed by atoms with Crippen LogP contribution in [0.3, 0.4) is 0 Å². The monoisotopic (exact) mass is 332 g/mol. The average molecular weight is 332 g/mol. The molecule has 2 amide bonds. The Bertz CT molecular complexity index is 609. The van der Waals surface area contributed by atoms with Gasteiger partial charge in [-0.05, 0) is 50.3 Å². The molecule has 1 aliphatic rings. The Morgan fingerprint density at radius 3 is 2.62 bits per heavy atom. The summed E-state index contributed by atoms with van der Waals surface area (Å²) in [5, 5.41) is 5.82. The van der Waals surface area contributed by atoms with Gasteiger partial charge in [0.2, 0.25) is 11.8 Å². The van der Waals surface area contributed by atoms with E-state index in [1.807, 2.05) is 39.0 Å². The Balaban J connectivity index is 1.91. The normalized spacial score (nSPS) is 16.2. The fraction of sp³-hybridized carbons (Fsp3) is 0.579. The lowest BCUT2D eigenvalue weighted by atomic mass is 9.93. The van der Waals surface area contributed by atoms with Gasteiger partial charge < -0.3 is 15.4 Å². The Kier molecular flexibility index (Phi) is 5.86. The number of aryl methyl sites for hydroxylation is 1. The summed E-state index contributed by atoms with van der Waals surface area (Å²) in [7, 11) is 1.64. The minimum Gasteiger partial charge on any atom is -0.496 e. The van der Waals surface area contributed by atoms with Crippen molar-refractivity contribution in [3.63, 3.8) is 0 Å². The summed E-state index contributed by atoms with van der Waals surface area (Å²) in [6.07, 6.45) is 2.88. The maximum Gasteiger partial charge on any atom is 0.230 e. The molecule has 0 unspecified atom stereocenters. The number of carbonyl (C=O) groups is 2. The van der Waals surface area contributed by atoms with Crippen molar-refractivity contribution >= 4 is 11.8 Å². The maximum absolute atomic E-state index is 12.6. The number of hydrogen-bond acceptors (Lipinski definition) is 3.